The highest BCUT2D eigenvalue weighted by Crippen LogP contribution is 2.22. The number of nitriles is 2. The summed E-state index contributed by atoms with van der Waals surface area (Å²) in [5, 5.41) is 17.4. The molecule has 0 radical (unpaired) electrons. The molecule has 1 saturated heterocycles. The first-order valence-corrected chi connectivity index (χ1v) is 10.7. The molecule has 0 aliphatic carbocycles. The molecule has 1 aliphatic heterocycles. The quantitative estimate of drug-likeness (QED) is 0.621. The van der Waals surface area contributed by atoms with E-state index in [9.17, 15) is 13.2 Å². The van der Waals surface area contributed by atoms with E-state index < -0.39 is 10.0 Å². The molecule has 1 heterocycles. The van der Waals surface area contributed by atoms with Crippen LogP contribution in [0.5, 0.6) is 5.75 Å². The fourth-order valence-electron chi connectivity index (χ4n) is 2.93. The molecule has 0 unspecified atom stereocenters. The van der Waals surface area contributed by atoms with Crippen molar-refractivity contribution in [2.75, 3.05) is 32.8 Å². The Morgan fingerprint density at radius 1 is 1.04 bits per heavy atom. The van der Waals surface area contributed by atoms with Gasteiger partial charge < -0.3 is 9.64 Å². The van der Waals surface area contributed by atoms with Gasteiger partial charge in [-0.25, -0.2) is 8.42 Å². The lowest BCUT2D eigenvalue weighted by Gasteiger charge is -2.25. The van der Waals surface area contributed by atoms with E-state index in [2.05, 4.69) is 0 Å². The third-order valence-electron chi connectivity index (χ3n) is 4.48. The molecule has 0 spiro atoms. The molecular formula is C19H24N4O4S. The Kier molecular flexibility index (Phi) is 8.24. The van der Waals surface area contributed by atoms with Gasteiger partial charge in [0, 0.05) is 26.2 Å². The van der Waals surface area contributed by atoms with Crippen molar-refractivity contribution in [3.05, 3.63) is 24.3 Å². The molecule has 2 rings (SSSR count). The van der Waals surface area contributed by atoms with Crippen LogP contribution in [-0.4, -0.2) is 56.3 Å². The van der Waals surface area contributed by atoms with Gasteiger partial charge in [-0.2, -0.15) is 14.8 Å². The highest BCUT2D eigenvalue weighted by molar-refractivity contribution is 7.89. The van der Waals surface area contributed by atoms with Crippen LogP contribution in [-0.2, 0) is 14.8 Å². The average molecular weight is 404 g/mol. The number of hydrogen-bond donors (Lipinski definition) is 0. The van der Waals surface area contributed by atoms with Crippen LogP contribution in [0.2, 0.25) is 0 Å². The normalized spacial score (nSPS) is 14.6. The molecule has 150 valence electrons. The monoisotopic (exact) mass is 404 g/mol. The van der Waals surface area contributed by atoms with E-state index in [0.717, 1.165) is 19.3 Å². The number of hydrogen-bond acceptors (Lipinski definition) is 6. The van der Waals surface area contributed by atoms with Gasteiger partial charge in [-0.3, -0.25) is 4.79 Å². The van der Waals surface area contributed by atoms with E-state index in [1.54, 1.807) is 0 Å². The molecule has 1 fully saturated rings. The van der Waals surface area contributed by atoms with Gasteiger partial charge in [0.2, 0.25) is 10.0 Å². The van der Waals surface area contributed by atoms with E-state index in [0.29, 0.717) is 18.8 Å². The van der Waals surface area contributed by atoms with Gasteiger partial charge in [-0.1, -0.05) is 6.42 Å². The summed E-state index contributed by atoms with van der Waals surface area (Å²) in [7, 11) is -3.50. The predicted molar refractivity (Wildman–Crippen MR) is 102 cm³/mol. The van der Waals surface area contributed by atoms with E-state index in [1.165, 1.54) is 33.5 Å². The second-order valence-corrected chi connectivity index (χ2v) is 8.36. The van der Waals surface area contributed by atoms with Crippen molar-refractivity contribution in [1.29, 1.82) is 10.5 Å². The zero-order chi connectivity index (χ0) is 20.4. The van der Waals surface area contributed by atoms with Crippen molar-refractivity contribution >= 4 is 15.9 Å². The molecule has 1 aromatic rings. The molecule has 0 saturated carbocycles. The van der Waals surface area contributed by atoms with Crippen molar-refractivity contribution in [3.8, 4) is 17.9 Å². The lowest BCUT2D eigenvalue weighted by atomic mass is 10.2. The number of piperidine rings is 1. The van der Waals surface area contributed by atoms with Gasteiger partial charge in [-0.05, 0) is 37.1 Å². The standard InChI is InChI=1S/C19H24N4O4S/c20-10-4-12-22(13-5-11-21)19(24)16-27-17-6-8-18(9-7-17)28(25,26)23-14-2-1-3-15-23/h6-9H,1-5,12-16H2. The molecule has 1 aliphatic rings. The van der Waals surface area contributed by atoms with Crippen LogP contribution < -0.4 is 4.74 Å². The lowest BCUT2D eigenvalue weighted by molar-refractivity contribution is -0.133. The maximum Gasteiger partial charge on any atom is 0.260 e. The highest BCUT2D eigenvalue weighted by atomic mass is 32.2. The molecule has 28 heavy (non-hydrogen) atoms. The number of amides is 1. The fourth-order valence-corrected chi connectivity index (χ4v) is 4.45. The van der Waals surface area contributed by atoms with Crippen LogP contribution in [0.1, 0.15) is 32.1 Å². The minimum absolute atomic E-state index is 0.181. The second kappa shape index (κ2) is 10.6. The Morgan fingerprint density at radius 2 is 1.61 bits per heavy atom. The number of carbonyl (C=O) groups excluding carboxylic acids is 1. The summed E-state index contributed by atoms with van der Waals surface area (Å²) in [4.78, 5) is 13.9. The van der Waals surface area contributed by atoms with Gasteiger partial charge in [0.25, 0.3) is 5.91 Å². The topological polar surface area (TPSA) is 114 Å². The van der Waals surface area contributed by atoms with Gasteiger partial charge >= 0.3 is 0 Å². The Hall–Kier alpha value is -2.62. The van der Waals surface area contributed by atoms with Crippen molar-refractivity contribution in [2.45, 2.75) is 37.0 Å². The molecule has 0 bridgehead atoms. The van der Waals surface area contributed by atoms with Crippen LogP contribution in [0.15, 0.2) is 29.2 Å². The number of carbonyl (C=O) groups is 1. The lowest BCUT2D eigenvalue weighted by Crippen LogP contribution is -2.36. The van der Waals surface area contributed by atoms with Crippen LogP contribution in [0.3, 0.4) is 0 Å². The van der Waals surface area contributed by atoms with Gasteiger partial charge in [-0.15, -0.1) is 0 Å². The number of rotatable bonds is 9. The Labute approximate surface area is 166 Å². The van der Waals surface area contributed by atoms with Gasteiger partial charge in [0.15, 0.2) is 6.61 Å². The molecule has 9 heteroatoms. The summed E-state index contributed by atoms with van der Waals surface area (Å²) >= 11 is 0. The van der Waals surface area contributed by atoms with Crippen molar-refractivity contribution in [1.82, 2.24) is 9.21 Å². The first-order chi connectivity index (χ1) is 13.5. The second-order valence-electron chi connectivity index (χ2n) is 6.42. The van der Waals surface area contributed by atoms with E-state index in [-0.39, 0.29) is 43.3 Å². The number of ether oxygens (including phenoxy) is 1. The minimum Gasteiger partial charge on any atom is -0.484 e. The number of nitrogens with zero attached hydrogens (tertiary/aromatic N) is 4. The first-order valence-electron chi connectivity index (χ1n) is 9.23. The van der Waals surface area contributed by atoms with E-state index in [1.807, 2.05) is 12.1 Å². The summed E-state index contributed by atoms with van der Waals surface area (Å²) in [5.41, 5.74) is 0. The van der Waals surface area contributed by atoms with Gasteiger partial charge in [0.05, 0.1) is 29.9 Å². The number of sulfonamides is 1. The predicted octanol–water partition coefficient (Wildman–Crippen LogP) is 1.90. The maximum absolute atomic E-state index is 12.6. The Balaban J connectivity index is 1.95. The molecule has 1 amide bonds. The highest BCUT2D eigenvalue weighted by Gasteiger charge is 2.25. The smallest absolute Gasteiger partial charge is 0.260 e. The molecule has 0 aromatic heterocycles. The Morgan fingerprint density at radius 3 is 2.14 bits per heavy atom. The third-order valence-corrected chi connectivity index (χ3v) is 6.39. The van der Waals surface area contributed by atoms with E-state index >= 15 is 0 Å². The van der Waals surface area contributed by atoms with Crippen LogP contribution in [0, 0.1) is 22.7 Å². The largest absolute Gasteiger partial charge is 0.484 e. The third kappa shape index (κ3) is 5.95. The minimum atomic E-state index is -3.50. The first kappa shape index (κ1) is 21.7. The summed E-state index contributed by atoms with van der Waals surface area (Å²) in [6, 6.07) is 9.96. The fraction of sp³-hybridized carbons (Fsp3) is 0.526. The average Bonchev–Trinajstić information content (AvgIpc) is 2.73. The van der Waals surface area contributed by atoms with Crippen LogP contribution in [0.4, 0.5) is 0 Å². The molecular weight excluding hydrogens is 380 g/mol. The zero-order valence-electron chi connectivity index (χ0n) is 15.7. The maximum atomic E-state index is 12.6. The van der Waals surface area contributed by atoms with Gasteiger partial charge in [0.1, 0.15) is 5.75 Å². The number of benzene rings is 1. The molecule has 0 N–H and O–H groups in total. The van der Waals surface area contributed by atoms with Crippen molar-refractivity contribution in [3.63, 3.8) is 0 Å². The Bertz CT molecular complexity index is 816. The van der Waals surface area contributed by atoms with Crippen LogP contribution in [0.25, 0.3) is 0 Å². The summed E-state index contributed by atoms with van der Waals surface area (Å²) in [5.74, 6) is 0.0574. The summed E-state index contributed by atoms with van der Waals surface area (Å²) < 4.78 is 32.2. The van der Waals surface area contributed by atoms with E-state index in [4.69, 9.17) is 15.3 Å². The summed E-state index contributed by atoms with van der Waals surface area (Å²) in [6.07, 6.45) is 3.15. The molecule has 1 aromatic carbocycles. The zero-order valence-corrected chi connectivity index (χ0v) is 16.5. The summed E-state index contributed by atoms with van der Waals surface area (Å²) in [6.45, 7) is 1.32. The van der Waals surface area contributed by atoms with Crippen molar-refractivity contribution < 1.29 is 17.9 Å². The molecule has 8 nitrogen and oxygen atoms in total. The molecule has 0 atom stereocenters. The SMILES string of the molecule is N#CCCN(CCC#N)C(=O)COc1ccc(S(=O)(=O)N2CCCCC2)cc1. The van der Waals surface area contributed by atoms with Crippen LogP contribution >= 0.6 is 0 Å². The van der Waals surface area contributed by atoms with Crippen molar-refractivity contribution in [2.24, 2.45) is 0 Å².